The van der Waals surface area contributed by atoms with Crippen molar-refractivity contribution >= 4 is 0 Å². The Kier molecular flexibility index (Phi) is 12.1. The number of aliphatic hydroxyl groups excluding tert-OH is 2. The van der Waals surface area contributed by atoms with E-state index in [4.69, 9.17) is 19.7 Å². The first-order valence-electron chi connectivity index (χ1n) is 8.34. The first kappa shape index (κ1) is 21.8. The zero-order valence-electron chi connectivity index (χ0n) is 15.1. The maximum atomic E-state index is 8.86. The second-order valence-corrected chi connectivity index (χ2v) is 7.14. The highest BCUT2D eigenvalue weighted by Crippen LogP contribution is 2.00. The van der Waals surface area contributed by atoms with E-state index in [1.165, 1.54) is 0 Å². The van der Waals surface area contributed by atoms with E-state index in [9.17, 15) is 0 Å². The van der Waals surface area contributed by atoms with Crippen molar-refractivity contribution in [2.24, 2.45) is 0 Å². The van der Waals surface area contributed by atoms with Crippen LogP contribution in [0.2, 0.25) is 0 Å². The Morgan fingerprint density at radius 3 is 1.27 bits per heavy atom. The monoisotopic (exact) mass is 322 g/mol. The Balaban J connectivity index is 3.47. The van der Waals surface area contributed by atoms with Crippen molar-refractivity contribution in [1.82, 2.24) is 0 Å². The standard InChI is InChI=1S/C16H38N2O4/c1-17(2,7-5-11-19)9-13-21-15-16-22-14-10-18(3,4)8-6-12-20/h19-20H,5-16H2,1-4H3/q+2. The fourth-order valence-electron chi connectivity index (χ4n) is 2.17. The van der Waals surface area contributed by atoms with Gasteiger partial charge in [-0.3, -0.25) is 0 Å². The quantitative estimate of drug-likeness (QED) is 0.327. The molecule has 0 amide bonds. The summed E-state index contributed by atoms with van der Waals surface area (Å²) in [7, 11) is 8.62. The van der Waals surface area contributed by atoms with Crippen LogP contribution in [0.15, 0.2) is 0 Å². The molecule has 6 heteroatoms. The predicted molar refractivity (Wildman–Crippen MR) is 88.7 cm³/mol. The van der Waals surface area contributed by atoms with Crippen LogP contribution in [-0.4, -0.2) is 113 Å². The number of likely N-dealkylation sites (N-methyl/N-ethyl adjacent to an activating group) is 2. The summed E-state index contributed by atoms with van der Waals surface area (Å²) in [6.45, 7) is 7.05. The smallest absolute Gasteiger partial charge is 0.102 e. The molecule has 0 saturated heterocycles. The Labute approximate surface area is 136 Å². The molecule has 0 fully saturated rings. The third-order valence-corrected chi connectivity index (χ3v) is 3.90. The highest BCUT2D eigenvalue weighted by molar-refractivity contribution is 4.39. The van der Waals surface area contributed by atoms with E-state index in [2.05, 4.69) is 28.2 Å². The first-order valence-corrected chi connectivity index (χ1v) is 8.34. The van der Waals surface area contributed by atoms with Gasteiger partial charge in [0.1, 0.15) is 13.1 Å². The molecule has 0 rings (SSSR count). The summed E-state index contributed by atoms with van der Waals surface area (Å²) < 4.78 is 13.0. The molecular formula is C16H38N2O4+2. The minimum absolute atomic E-state index is 0.254. The number of ether oxygens (including phenoxy) is 2. The lowest BCUT2D eigenvalue weighted by atomic mass is 10.3. The van der Waals surface area contributed by atoms with Crippen molar-refractivity contribution in [3.05, 3.63) is 0 Å². The summed E-state index contributed by atoms with van der Waals surface area (Å²) >= 11 is 0. The minimum atomic E-state index is 0.254. The van der Waals surface area contributed by atoms with Gasteiger partial charge in [-0.05, 0) is 0 Å². The molecule has 22 heavy (non-hydrogen) atoms. The fourth-order valence-corrected chi connectivity index (χ4v) is 2.17. The van der Waals surface area contributed by atoms with E-state index in [1.807, 2.05) is 0 Å². The van der Waals surface area contributed by atoms with E-state index >= 15 is 0 Å². The van der Waals surface area contributed by atoms with E-state index in [0.717, 1.165) is 61.2 Å². The lowest BCUT2D eigenvalue weighted by Crippen LogP contribution is -2.43. The summed E-state index contributed by atoms with van der Waals surface area (Å²) in [6.07, 6.45) is 1.67. The van der Waals surface area contributed by atoms with Gasteiger partial charge in [0.25, 0.3) is 0 Å². The predicted octanol–water partition coefficient (Wildman–Crippen LogP) is -0.0628. The average Bonchev–Trinajstić information content (AvgIpc) is 2.46. The molecule has 6 nitrogen and oxygen atoms in total. The van der Waals surface area contributed by atoms with Gasteiger partial charge in [-0.2, -0.15) is 0 Å². The second kappa shape index (κ2) is 12.2. The number of quaternary nitrogens is 2. The van der Waals surface area contributed by atoms with Gasteiger partial charge in [0.05, 0.1) is 67.7 Å². The summed E-state index contributed by atoms with van der Waals surface area (Å²) in [5.41, 5.74) is 0. The molecule has 0 atom stereocenters. The van der Waals surface area contributed by atoms with Crippen LogP contribution < -0.4 is 0 Å². The molecule has 0 unspecified atom stereocenters. The van der Waals surface area contributed by atoms with Gasteiger partial charge in [0.2, 0.25) is 0 Å². The van der Waals surface area contributed by atoms with Crippen molar-refractivity contribution in [2.75, 3.05) is 94.0 Å². The number of nitrogens with zero attached hydrogens (tertiary/aromatic N) is 2. The molecule has 0 aliphatic heterocycles. The molecule has 0 radical (unpaired) electrons. The van der Waals surface area contributed by atoms with Crippen LogP contribution in [0.4, 0.5) is 0 Å². The molecule has 0 aliphatic rings. The molecule has 134 valence electrons. The maximum absolute atomic E-state index is 8.86. The highest BCUT2D eigenvalue weighted by atomic mass is 16.5. The van der Waals surface area contributed by atoms with Gasteiger partial charge >= 0.3 is 0 Å². The van der Waals surface area contributed by atoms with Crippen molar-refractivity contribution in [3.8, 4) is 0 Å². The normalized spacial score (nSPS) is 12.8. The van der Waals surface area contributed by atoms with Crippen LogP contribution >= 0.6 is 0 Å². The van der Waals surface area contributed by atoms with Gasteiger partial charge in [-0.1, -0.05) is 0 Å². The summed E-state index contributed by atoms with van der Waals surface area (Å²) in [4.78, 5) is 0. The highest BCUT2D eigenvalue weighted by Gasteiger charge is 2.14. The minimum Gasteiger partial charge on any atom is -0.396 e. The molecule has 0 aromatic carbocycles. The molecule has 0 spiro atoms. The van der Waals surface area contributed by atoms with Gasteiger partial charge in [0.15, 0.2) is 0 Å². The van der Waals surface area contributed by atoms with Crippen molar-refractivity contribution in [1.29, 1.82) is 0 Å². The van der Waals surface area contributed by atoms with E-state index < -0.39 is 0 Å². The molecule has 0 heterocycles. The second-order valence-electron chi connectivity index (χ2n) is 7.14. The summed E-state index contributed by atoms with van der Waals surface area (Å²) in [5, 5.41) is 17.7. The Morgan fingerprint density at radius 1 is 0.591 bits per heavy atom. The van der Waals surface area contributed by atoms with Gasteiger partial charge in [-0.25, -0.2) is 0 Å². The summed E-state index contributed by atoms with van der Waals surface area (Å²) in [6, 6.07) is 0. The first-order chi connectivity index (χ1) is 10.3. The topological polar surface area (TPSA) is 58.9 Å². The van der Waals surface area contributed by atoms with E-state index in [-0.39, 0.29) is 13.2 Å². The molecular weight excluding hydrogens is 284 g/mol. The Hall–Kier alpha value is -0.240. The third-order valence-electron chi connectivity index (χ3n) is 3.90. The zero-order valence-corrected chi connectivity index (χ0v) is 15.1. The molecule has 0 bridgehead atoms. The molecule has 0 aliphatic carbocycles. The van der Waals surface area contributed by atoms with E-state index in [1.54, 1.807) is 0 Å². The van der Waals surface area contributed by atoms with Crippen molar-refractivity contribution in [2.45, 2.75) is 12.8 Å². The van der Waals surface area contributed by atoms with Gasteiger partial charge in [-0.15, -0.1) is 0 Å². The van der Waals surface area contributed by atoms with Crippen molar-refractivity contribution in [3.63, 3.8) is 0 Å². The zero-order chi connectivity index (χ0) is 16.9. The lowest BCUT2D eigenvalue weighted by Gasteiger charge is -2.29. The molecule has 0 saturated carbocycles. The lowest BCUT2D eigenvalue weighted by molar-refractivity contribution is -0.891. The van der Waals surface area contributed by atoms with Crippen LogP contribution in [0.3, 0.4) is 0 Å². The number of hydrogen-bond acceptors (Lipinski definition) is 4. The van der Waals surface area contributed by atoms with Crippen molar-refractivity contribution < 1.29 is 28.7 Å². The number of rotatable bonds is 15. The Bertz CT molecular complexity index is 235. The van der Waals surface area contributed by atoms with Crippen LogP contribution in [0, 0.1) is 0 Å². The van der Waals surface area contributed by atoms with Crippen LogP contribution in [0.5, 0.6) is 0 Å². The molecule has 0 aromatic rings. The van der Waals surface area contributed by atoms with E-state index in [0.29, 0.717) is 13.2 Å². The SMILES string of the molecule is C[N+](C)(CCCO)CCOCCOCC[N+](C)(C)CCCO. The average molecular weight is 322 g/mol. The third kappa shape index (κ3) is 13.4. The number of hydrogen-bond donors (Lipinski definition) is 2. The number of aliphatic hydroxyl groups is 2. The fraction of sp³-hybridized carbons (Fsp3) is 1.00. The maximum Gasteiger partial charge on any atom is 0.102 e. The summed E-state index contributed by atoms with van der Waals surface area (Å²) in [5.74, 6) is 0. The van der Waals surface area contributed by atoms with Gasteiger partial charge < -0.3 is 28.7 Å². The van der Waals surface area contributed by atoms with Crippen LogP contribution in [-0.2, 0) is 9.47 Å². The van der Waals surface area contributed by atoms with Crippen LogP contribution in [0.1, 0.15) is 12.8 Å². The molecule has 2 N–H and O–H groups in total. The van der Waals surface area contributed by atoms with Crippen LogP contribution in [0.25, 0.3) is 0 Å². The van der Waals surface area contributed by atoms with Gasteiger partial charge in [0, 0.05) is 26.1 Å². The molecule has 0 aromatic heterocycles. The largest absolute Gasteiger partial charge is 0.396 e. The Morgan fingerprint density at radius 2 is 0.955 bits per heavy atom.